The van der Waals surface area contributed by atoms with Crippen molar-refractivity contribution in [3.63, 3.8) is 0 Å². The number of hydrogen-bond donors (Lipinski definition) is 2. The van der Waals surface area contributed by atoms with Crippen LogP contribution in [0.4, 0.5) is 0 Å². The topological polar surface area (TPSA) is 60.8 Å². The normalized spacial score (nSPS) is 20.1. The van der Waals surface area contributed by atoms with E-state index >= 15 is 0 Å². The predicted molar refractivity (Wildman–Crippen MR) is 86.6 cm³/mol. The Balaban J connectivity index is 2.02. The van der Waals surface area contributed by atoms with Crippen LogP contribution < -0.4 is 0 Å². The third-order valence-corrected chi connectivity index (χ3v) is 4.36. The van der Waals surface area contributed by atoms with E-state index in [-0.39, 0.29) is 0 Å². The Morgan fingerprint density at radius 2 is 1.95 bits per heavy atom. The molecule has 0 amide bonds. The van der Waals surface area contributed by atoms with Crippen molar-refractivity contribution < 1.29 is 15.0 Å². The van der Waals surface area contributed by atoms with E-state index in [1.54, 1.807) is 6.08 Å². The van der Waals surface area contributed by atoms with Gasteiger partial charge in [0, 0.05) is 13.1 Å². The van der Waals surface area contributed by atoms with Crippen LogP contribution >= 0.6 is 0 Å². The van der Waals surface area contributed by atoms with Crippen LogP contribution in [0.5, 0.6) is 0 Å². The predicted octanol–water partition coefficient (Wildman–Crippen LogP) is 2.78. The van der Waals surface area contributed by atoms with Gasteiger partial charge in [0.2, 0.25) is 0 Å². The molecule has 1 aromatic carbocycles. The van der Waals surface area contributed by atoms with Gasteiger partial charge in [-0.2, -0.15) is 0 Å². The van der Waals surface area contributed by atoms with Crippen LogP contribution in [0.1, 0.15) is 38.2 Å². The number of piperidine rings is 1. The fourth-order valence-electron chi connectivity index (χ4n) is 2.96. The van der Waals surface area contributed by atoms with Crippen LogP contribution in [0.25, 0.3) is 0 Å². The van der Waals surface area contributed by atoms with Gasteiger partial charge in [0.15, 0.2) is 0 Å². The second-order valence-electron chi connectivity index (χ2n) is 5.93. The molecule has 0 aromatic heterocycles. The summed E-state index contributed by atoms with van der Waals surface area (Å²) in [4.78, 5) is 13.4. The van der Waals surface area contributed by atoms with Gasteiger partial charge in [0.05, 0.1) is 5.60 Å². The average molecular weight is 303 g/mol. The van der Waals surface area contributed by atoms with Crippen molar-refractivity contribution in [3.05, 3.63) is 48.0 Å². The maximum atomic E-state index is 11.5. The van der Waals surface area contributed by atoms with Gasteiger partial charge in [-0.25, -0.2) is 0 Å². The zero-order valence-electron chi connectivity index (χ0n) is 13.1. The molecular weight excluding hydrogens is 278 g/mol. The van der Waals surface area contributed by atoms with Gasteiger partial charge in [-0.1, -0.05) is 55.8 Å². The van der Waals surface area contributed by atoms with Gasteiger partial charge in [0.25, 0.3) is 0 Å². The number of carboxylic acids is 1. The van der Waals surface area contributed by atoms with Crippen molar-refractivity contribution >= 4 is 5.97 Å². The molecule has 0 aliphatic carbocycles. The molecule has 1 aliphatic heterocycles. The maximum Gasteiger partial charge on any atom is 0.324 e. The van der Waals surface area contributed by atoms with Crippen molar-refractivity contribution in [2.75, 3.05) is 13.1 Å². The second kappa shape index (κ2) is 7.56. The zero-order valence-corrected chi connectivity index (χ0v) is 13.1. The number of aliphatic hydroxyl groups is 1. The SMILES string of the molecule is CCC/C=C/[C@@H](C(=O)O)N1CCC(O)(c2ccccc2)CC1. The summed E-state index contributed by atoms with van der Waals surface area (Å²) in [6, 6.07) is 9.06. The summed E-state index contributed by atoms with van der Waals surface area (Å²) in [5.41, 5.74) is 0.0802. The van der Waals surface area contributed by atoms with Crippen LogP contribution in [0.2, 0.25) is 0 Å². The molecular formula is C18H25NO3. The number of hydrogen-bond acceptors (Lipinski definition) is 3. The Morgan fingerprint density at radius 3 is 2.50 bits per heavy atom. The fraction of sp³-hybridized carbons (Fsp3) is 0.500. The van der Waals surface area contributed by atoms with Crippen LogP contribution in [-0.4, -0.2) is 40.2 Å². The molecule has 4 nitrogen and oxygen atoms in total. The van der Waals surface area contributed by atoms with E-state index in [0.29, 0.717) is 25.9 Å². The summed E-state index contributed by atoms with van der Waals surface area (Å²) in [6.07, 6.45) is 6.74. The lowest BCUT2D eigenvalue weighted by atomic mass is 9.84. The first kappa shape index (κ1) is 16.7. The number of unbranched alkanes of at least 4 members (excludes halogenated alkanes) is 1. The minimum atomic E-state index is -0.839. The van der Waals surface area contributed by atoms with Crippen molar-refractivity contribution in [2.24, 2.45) is 0 Å². The van der Waals surface area contributed by atoms with Gasteiger partial charge in [-0.15, -0.1) is 0 Å². The third kappa shape index (κ3) is 3.96. The standard InChI is InChI=1S/C18H25NO3/c1-2-3-5-10-16(17(20)21)19-13-11-18(22,12-14-19)15-8-6-4-7-9-15/h4-10,16,22H,2-3,11-14H2,1H3,(H,20,21)/b10-5+/t16-/m0/s1. The molecule has 2 rings (SSSR count). The van der Waals surface area contributed by atoms with E-state index in [0.717, 1.165) is 18.4 Å². The summed E-state index contributed by atoms with van der Waals surface area (Å²) in [5.74, 6) is -0.822. The Hall–Kier alpha value is -1.65. The molecule has 0 spiro atoms. The maximum absolute atomic E-state index is 11.5. The molecule has 1 fully saturated rings. The van der Waals surface area contributed by atoms with Gasteiger partial charge >= 0.3 is 5.97 Å². The number of allylic oxidation sites excluding steroid dienone is 1. The number of carboxylic acid groups (broad SMARTS) is 1. The summed E-state index contributed by atoms with van der Waals surface area (Å²) >= 11 is 0. The second-order valence-corrected chi connectivity index (χ2v) is 5.93. The Morgan fingerprint density at radius 1 is 1.32 bits per heavy atom. The first-order chi connectivity index (χ1) is 10.6. The lowest BCUT2D eigenvalue weighted by Crippen LogP contribution is -2.49. The highest BCUT2D eigenvalue weighted by Gasteiger charge is 2.36. The van der Waals surface area contributed by atoms with E-state index in [2.05, 4.69) is 6.92 Å². The number of likely N-dealkylation sites (tertiary alicyclic amines) is 1. The minimum absolute atomic E-state index is 0.558. The molecule has 4 heteroatoms. The van der Waals surface area contributed by atoms with Crippen LogP contribution in [0.15, 0.2) is 42.5 Å². The molecule has 1 saturated heterocycles. The minimum Gasteiger partial charge on any atom is -0.480 e. The summed E-state index contributed by atoms with van der Waals surface area (Å²) in [6.45, 7) is 3.23. The molecule has 1 aromatic rings. The third-order valence-electron chi connectivity index (χ3n) is 4.36. The van der Waals surface area contributed by atoms with Crippen molar-refractivity contribution in [3.8, 4) is 0 Å². The molecule has 0 unspecified atom stereocenters. The van der Waals surface area contributed by atoms with Crippen molar-refractivity contribution in [2.45, 2.75) is 44.2 Å². The lowest BCUT2D eigenvalue weighted by molar-refractivity contribution is -0.143. The summed E-state index contributed by atoms with van der Waals surface area (Å²) in [7, 11) is 0. The van der Waals surface area contributed by atoms with Crippen LogP contribution in [0.3, 0.4) is 0 Å². The quantitative estimate of drug-likeness (QED) is 0.793. The van der Waals surface area contributed by atoms with E-state index in [1.807, 2.05) is 41.3 Å². The molecule has 22 heavy (non-hydrogen) atoms. The molecule has 1 heterocycles. The number of aliphatic carboxylic acids is 1. The number of carbonyl (C=O) groups is 1. The molecule has 0 bridgehead atoms. The number of nitrogens with zero attached hydrogens (tertiary/aromatic N) is 1. The van der Waals surface area contributed by atoms with E-state index < -0.39 is 17.6 Å². The molecule has 2 N–H and O–H groups in total. The van der Waals surface area contributed by atoms with Crippen LogP contribution in [0, 0.1) is 0 Å². The van der Waals surface area contributed by atoms with E-state index in [4.69, 9.17) is 0 Å². The summed E-state index contributed by atoms with van der Waals surface area (Å²) in [5, 5.41) is 20.2. The smallest absolute Gasteiger partial charge is 0.324 e. The molecule has 0 saturated carbocycles. The van der Waals surface area contributed by atoms with Crippen LogP contribution in [-0.2, 0) is 10.4 Å². The Bertz CT molecular complexity index is 504. The van der Waals surface area contributed by atoms with Gasteiger partial charge in [-0.05, 0) is 24.8 Å². The van der Waals surface area contributed by atoms with Crippen molar-refractivity contribution in [1.82, 2.24) is 4.90 Å². The molecule has 1 atom stereocenters. The van der Waals surface area contributed by atoms with Crippen molar-refractivity contribution in [1.29, 1.82) is 0 Å². The highest BCUT2D eigenvalue weighted by molar-refractivity contribution is 5.75. The summed E-state index contributed by atoms with van der Waals surface area (Å²) < 4.78 is 0. The molecule has 0 radical (unpaired) electrons. The monoisotopic (exact) mass is 303 g/mol. The molecule has 1 aliphatic rings. The zero-order chi connectivity index (χ0) is 16.0. The molecule has 120 valence electrons. The fourth-order valence-corrected chi connectivity index (χ4v) is 2.96. The number of rotatable bonds is 6. The largest absolute Gasteiger partial charge is 0.480 e. The Labute approximate surface area is 132 Å². The Kier molecular flexibility index (Phi) is 5.75. The van der Waals surface area contributed by atoms with E-state index in [1.165, 1.54) is 0 Å². The van der Waals surface area contributed by atoms with Gasteiger partial charge < -0.3 is 10.2 Å². The van der Waals surface area contributed by atoms with Gasteiger partial charge in [-0.3, -0.25) is 9.69 Å². The highest BCUT2D eigenvalue weighted by atomic mass is 16.4. The van der Waals surface area contributed by atoms with Gasteiger partial charge in [0.1, 0.15) is 6.04 Å². The average Bonchev–Trinajstić information content (AvgIpc) is 2.53. The first-order valence-electron chi connectivity index (χ1n) is 7.98. The highest BCUT2D eigenvalue weighted by Crippen LogP contribution is 2.33. The first-order valence-corrected chi connectivity index (χ1v) is 7.98. The van der Waals surface area contributed by atoms with E-state index in [9.17, 15) is 15.0 Å². The number of benzene rings is 1. The lowest BCUT2D eigenvalue weighted by Gasteiger charge is -2.40.